The molecule has 0 bridgehead atoms. The van der Waals surface area contributed by atoms with Crippen molar-refractivity contribution in [3.63, 3.8) is 0 Å². The monoisotopic (exact) mass is 498 g/mol. The number of urea groups is 1. The van der Waals surface area contributed by atoms with Gasteiger partial charge in [-0.15, -0.1) is 5.10 Å². The largest absolute Gasteiger partial charge is 0.461 e. The quantitative estimate of drug-likeness (QED) is 0.519. The topological polar surface area (TPSA) is 160 Å². The zero-order valence-electron chi connectivity index (χ0n) is 20.5. The van der Waals surface area contributed by atoms with Crippen molar-refractivity contribution in [3.8, 4) is 11.6 Å². The summed E-state index contributed by atoms with van der Waals surface area (Å²) in [6.45, 7) is 8.81. The Balaban J connectivity index is 1.25. The van der Waals surface area contributed by atoms with Gasteiger partial charge >= 0.3 is 6.03 Å². The number of nitrogens with two attached hydrogens (primary N) is 1. The highest BCUT2D eigenvalue weighted by atomic mass is 16.5. The molecule has 192 valence electrons. The Bertz CT molecular complexity index is 1230. The lowest BCUT2D eigenvalue weighted by Crippen LogP contribution is -2.64. The third-order valence-electron chi connectivity index (χ3n) is 6.42. The number of nitrogen functional groups attached to an aromatic ring is 1. The number of piperazine rings is 1. The summed E-state index contributed by atoms with van der Waals surface area (Å²) in [5.41, 5.74) is 6.05. The fraction of sp³-hybridized carbons (Fsp3) is 0.545. The third kappa shape index (κ3) is 4.51. The number of morpholine rings is 1. The zero-order valence-corrected chi connectivity index (χ0v) is 20.5. The molecule has 14 nitrogen and oxygen atoms in total. The van der Waals surface area contributed by atoms with E-state index in [1.807, 2.05) is 23.6 Å². The molecule has 3 aromatic heterocycles. The Labute approximate surface area is 207 Å². The van der Waals surface area contributed by atoms with Crippen molar-refractivity contribution in [2.24, 2.45) is 0 Å². The summed E-state index contributed by atoms with van der Waals surface area (Å²) in [7, 11) is 0. The number of hydrogen-bond donors (Lipinski definition) is 2. The van der Waals surface area contributed by atoms with Gasteiger partial charge in [0.25, 0.3) is 5.78 Å². The predicted molar refractivity (Wildman–Crippen MR) is 129 cm³/mol. The van der Waals surface area contributed by atoms with Crippen LogP contribution in [0.3, 0.4) is 0 Å². The minimum absolute atomic E-state index is 0.00373. The molecular weight excluding hydrogens is 468 g/mol. The molecule has 14 heteroatoms. The number of amides is 3. The van der Waals surface area contributed by atoms with Gasteiger partial charge in [-0.25, -0.2) is 4.79 Å². The molecule has 5 rings (SSSR count). The zero-order chi connectivity index (χ0) is 25.4. The van der Waals surface area contributed by atoms with Crippen molar-refractivity contribution in [2.45, 2.75) is 38.9 Å². The Morgan fingerprint density at radius 3 is 2.50 bits per heavy atom. The van der Waals surface area contributed by atoms with E-state index in [0.717, 1.165) is 0 Å². The summed E-state index contributed by atoms with van der Waals surface area (Å²) in [6, 6.07) is 2.58. The van der Waals surface area contributed by atoms with E-state index in [1.54, 1.807) is 24.0 Å². The number of carbonyl (C=O) groups is 2. The van der Waals surface area contributed by atoms with Crippen LogP contribution >= 0.6 is 0 Å². The highest BCUT2D eigenvalue weighted by Crippen LogP contribution is 2.21. The summed E-state index contributed by atoms with van der Waals surface area (Å²) in [4.78, 5) is 44.7. The molecule has 0 spiro atoms. The molecule has 2 unspecified atom stereocenters. The van der Waals surface area contributed by atoms with Crippen LogP contribution in [-0.2, 0) is 9.53 Å². The van der Waals surface area contributed by atoms with Crippen molar-refractivity contribution in [2.75, 3.05) is 50.4 Å². The maximum Gasteiger partial charge on any atom is 0.320 e. The lowest BCUT2D eigenvalue weighted by molar-refractivity contribution is -0.135. The van der Waals surface area contributed by atoms with Crippen molar-refractivity contribution >= 4 is 29.6 Å². The number of furan rings is 1. The van der Waals surface area contributed by atoms with Crippen LogP contribution in [0.4, 0.5) is 16.7 Å². The summed E-state index contributed by atoms with van der Waals surface area (Å²) < 4.78 is 12.0. The van der Waals surface area contributed by atoms with E-state index in [9.17, 15) is 9.59 Å². The summed E-state index contributed by atoms with van der Waals surface area (Å²) in [6.07, 6.45) is 1.52. The molecule has 2 aliphatic heterocycles. The standard InChI is InChI=1S/C22H30N10O4/c1-13-11-30(12-14(2)31(13)22(34)29-6-9-35-10-7-29)18(33)15(3)24-20-26-19(23)32-21(27-20)25-17(28-32)16-5-4-8-36-16/h4-5,8,13-15H,6-7,9-12H2,1-3H3,(H3,23,24,25,26,27,28)/t13?,14?,15-/m0/s1. The fourth-order valence-electron chi connectivity index (χ4n) is 4.71. The van der Waals surface area contributed by atoms with Crippen LogP contribution in [0.5, 0.6) is 0 Å². The highest BCUT2D eigenvalue weighted by molar-refractivity contribution is 5.84. The van der Waals surface area contributed by atoms with Gasteiger partial charge in [-0.05, 0) is 32.9 Å². The van der Waals surface area contributed by atoms with E-state index in [4.69, 9.17) is 14.9 Å². The van der Waals surface area contributed by atoms with Crippen LogP contribution in [0.1, 0.15) is 20.8 Å². The van der Waals surface area contributed by atoms with Gasteiger partial charge in [0.2, 0.25) is 23.6 Å². The Kier molecular flexibility index (Phi) is 6.35. The van der Waals surface area contributed by atoms with Crippen LogP contribution in [0.25, 0.3) is 17.4 Å². The second-order valence-electron chi connectivity index (χ2n) is 9.13. The normalized spacial score (nSPS) is 21.6. The first-order valence-corrected chi connectivity index (χ1v) is 12.0. The average molecular weight is 499 g/mol. The van der Waals surface area contributed by atoms with E-state index in [0.29, 0.717) is 51.0 Å². The Morgan fingerprint density at radius 2 is 1.83 bits per heavy atom. The molecule has 0 aromatic carbocycles. The summed E-state index contributed by atoms with van der Waals surface area (Å²) >= 11 is 0. The molecular formula is C22H30N10O4. The fourth-order valence-corrected chi connectivity index (χ4v) is 4.71. The first kappa shape index (κ1) is 23.8. The number of aromatic nitrogens is 5. The molecule has 3 N–H and O–H groups in total. The molecule has 5 heterocycles. The maximum atomic E-state index is 13.3. The predicted octanol–water partition coefficient (Wildman–Crippen LogP) is 0.535. The molecule has 0 aliphatic carbocycles. The molecule has 2 aliphatic rings. The molecule has 3 atom stereocenters. The number of fused-ring (bicyclic) bond motifs is 1. The van der Waals surface area contributed by atoms with Crippen LogP contribution < -0.4 is 11.1 Å². The number of hydrogen-bond acceptors (Lipinski definition) is 10. The summed E-state index contributed by atoms with van der Waals surface area (Å²) in [5, 5.41) is 7.30. The van der Waals surface area contributed by atoms with Gasteiger partial charge < -0.3 is 34.9 Å². The van der Waals surface area contributed by atoms with Crippen molar-refractivity contribution in [1.82, 2.24) is 39.3 Å². The van der Waals surface area contributed by atoms with Gasteiger partial charge in [-0.3, -0.25) is 4.79 Å². The number of carbonyl (C=O) groups excluding carboxylic acids is 2. The minimum Gasteiger partial charge on any atom is -0.461 e. The molecule has 36 heavy (non-hydrogen) atoms. The second kappa shape index (κ2) is 9.60. The van der Waals surface area contributed by atoms with E-state index in [1.165, 1.54) is 10.8 Å². The van der Waals surface area contributed by atoms with Crippen LogP contribution in [0.2, 0.25) is 0 Å². The van der Waals surface area contributed by atoms with Crippen LogP contribution in [0, 0.1) is 0 Å². The number of nitrogens with one attached hydrogen (secondary N) is 1. The SMILES string of the molecule is CC1CN(C(=O)[C@H](C)Nc2nc(N)n3nc(-c4ccco4)nc3n2)CC(C)N1C(=O)N1CCOCC1. The Morgan fingerprint density at radius 1 is 1.11 bits per heavy atom. The molecule has 0 radical (unpaired) electrons. The smallest absolute Gasteiger partial charge is 0.320 e. The third-order valence-corrected chi connectivity index (χ3v) is 6.42. The number of anilines is 2. The number of nitrogens with zero attached hydrogens (tertiary/aromatic N) is 8. The van der Waals surface area contributed by atoms with E-state index in [2.05, 4.69) is 25.4 Å². The minimum atomic E-state index is -0.625. The molecule has 3 amide bonds. The molecule has 2 fully saturated rings. The van der Waals surface area contributed by atoms with Gasteiger partial charge in [-0.2, -0.15) is 19.5 Å². The summed E-state index contributed by atoms with van der Waals surface area (Å²) in [5.74, 6) is 1.16. The maximum absolute atomic E-state index is 13.3. The van der Waals surface area contributed by atoms with E-state index < -0.39 is 6.04 Å². The van der Waals surface area contributed by atoms with Crippen LogP contribution in [0.15, 0.2) is 22.8 Å². The molecule has 3 aromatic rings. The van der Waals surface area contributed by atoms with Crippen molar-refractivity contribution in [1.29, 1.82) is 0 Å². The van der Waals surface area contributed by atoms with E-state index in [-0.39, 0.29) is 41.7 Å². The number of rotatable bonds is 4. The number of ether oxygens (including phenoxy) is 1. The first-order chi connectivity index (χ1) is 17.3. The second-order valence-corrected chi connectivity index (χ2v) is 9.13. The average Bonchev–Trinajstić information content (AvgIpc) is 3.54. The van der Waals surface area contributed by atoms with E-state index >= 15 is 0 Å². The van der Waals surface area contributed by atoms with Gasteiger partial charge in [0.05, 0.1) is 19.5 Å². The first-order valence-electron chi connectivity index (χ1n) is 12.0. The lowest BCUT2D eigenvalue weighted by atomic mass is 10.1. The highest BCUT2D eigenvalue weighted by Gasteiger charge is 2.38. The van der Waals surface area contributed by atoms with Gasteiger partial charge in [0.15, 0.2) is 5.76 Å². The molecule has 2 saturated heterocycles. The van der Waals surface area contributed by atoms with Crippen molar-refractivity contribution < 1.29 is 18.7 Å². The molecule has 0 saturated carbocycles. The Hall–Kier alpha value is -3.94. The van der Waals surface area contributed by atoms with Gasteiger partial charge in [0.1, 0.15) is 6.04 Å². The van der Waals surface area contributed by atoms with Crippen LogP contribution in [-0.4, -0.2) is 109 Å². The lowest BCUT2D eigenvalue weighted by Gasteiger charge is -2.46. The van der Waals surface area contributed by atoms with Gasteiger partial charge in [0, 0.05) is 38.3 Å². The van der Waals surface area contributed by atoms with Crippen molar-refractivity contribution in [3.05, 3.63) is 18.4 Å². The van der Waals surface area contributed by atoms with Gasteiger partial charge in [-0.1, -0.05) is 0 Å².